The first-order valence-corrected chi connectivity index (χ1v) is 10.5. The number of carbonyl (C=O) groups is 2. The second-order valence-electron chi connectivity index (χ2n) is 7.64. The first kappa shape index (κ1) is 23.7. The van der Waals surface area contributed by atoms with Crippen LogP contribution in [0.2, 0.25) is 0 Å². The monoisotopic (exact) mass is 480 g/mol. The van der Waals surface area contributed by atoms with Gasteiger partial charge in [0.15, 0.2) is 17.3 Å². The molecule has 0 unspecified atom stereocenters. The number of rotatable bonds is 7. The number of anilines is 1. The van der Waals surface area contributed by atoms with Crippen molar-refractivity contribution < 1.29 is 38.2 Å². The van der Waals surface area contributed by atoms with Crippen LogP contribution in [0, 0.1) is 6.92 Å². The van der Waals surface area contributed by atoms with E-state index in [9.17, 15) is 14.7 Å². The molecule has 0 radical (unpaired) electrons. The van der Waals surface area contributed by atoms with Gasteiger partial charge >= 0.3 is 5.91 Å². The molecule has 1 fully saturated rings. The van der Waals surface area contributed by atoms with Crippen molar-refractivity contribution in [3.05, 3.63) is 64.9 Å². The van der Waals surface area contributed by atoms with E-state index in [1.54, 1.807) is 37.3 Å². The maximum absolute atomic E-state index is 13.3. The van der Waals surface area contributed by atoms with Gasteiger partial charge in [0.25, 0.3) is 5.78 Å². The molecule has 0 aliphatic carbocycles. The zero-order valence-corrected chi connectivity index (χ0v) is 19.8. The third kappa shape index (κ3) is 4.03. The van der Waals surface area contributed by atoms with Crippen LogP contribution in [0.25, 0.3) is 5.76 Å². The summed E-state index contributed by atoms with van der Waals surface area (Å²) in [7, 11) is 5.89. The summed E-state index contributed by atoms with van der Waals surface area (Å²) in [5.74, 6) is 0.00542. The Morgan fingerprint density at radius 3 is 2.20 bits per heavy atom. The summed E-state index contributed by atoms with van der Waals surface area (Å²) in [5, 5.41) is 15.3. The Kier molecular flexibility index (Phi) is 6.37. The minimum Gasteiger partial charge on any atom is -0.507 e. The van der Waals surface area contributed by atoms with E-state index in [0.717, 1.165) is 0 Å². The molecule has 1 aliphatic heterocycles. The lowest BCUT2D eigenvalue weighted by Gasteiger charge is -2.25. The van der Waals surface area contributed by atoms with Gasteiger partial charge in [-0.3, -0.25) is 14.5 Å². The highest BCUT2D eigenvalue weighted by Crippen LogP contribution is 2.46. The maximum atomic E-state index is 13.3. The van der Waals surface area contributed by atoms with Crippen LogP contribution >= 0.6 is 0 Å². The predicted octanol–water partition coefficient (Wildman–Crippen LogP) is 3.64. The average molecular weight is 480 g/mol. The van der Waals surface area contributed by atoms with Gasteiger partial charge in [-0.15, -0.1) is 0 Å². The Morgan fingerprint density at radius 2 is 1.60 bits per heavy atom. The van der Waals surface area contributed by atoms with Crippen LogP contribution in [0.3, 0.4) is 0 Å². The second-order valence-corrected chi connectivity index (χ2v) is 7.64. The molecule has 10 nitrogen and oxygen atoms in total. The molecule has 3 aromatic rings. The number of benzene rings is 2. The van der Waals surface area contributed by atoms with Gasteiger partial charge < -0.3 is 28.6 Å². The Labute approximate surface area is 201 Å². The molecule has 1 saturated heterocycles. The van der Waals surface area contributed by atoms with Crippen LogP contribution in [-0.2, 0) is 9.59 Å². The summed E-state index contributed by atoms with van der Waals surface area (Å²) < 4.78 is 26.6. The van der Waals surface area contributed by atoms with Gasteiger partial charge in [-0.25, -0.2) is 0 Å². The molecule has 1 N–H and O–H groups in total. The zero-order chi connectivity index (χ0) is 25.3. The lowest BCUT2D eigenvalue weighted by Crippen LogP contribution is -2.30. The molecule has 10 heteroatoms. The molecule has 2 heterocycles. The summed E-state index contributed by atoms with van der Waals surface area (Å²) >= 11 is 0. The van der Waals surface area contributed by atoms with Gasteiger partial charge in [-0.05, 0) is 43.3 Å². The molecule has 4 rings (SSSR count). The Hall–Kier alpha value is -4.47. The number of methoxy groups -OCH3 is 4. The van der Waals surface area contributed by atoms with E-state index in [1.165, 1.54) is 45.5 Å². The first-order valence-electron chi connectivity index (χ1n) is 10.5. The third-order valence-electron chi connectivity index (χ3n) is 5.70. The van der Waals surface area contributed by atoms with Crippen LogP contribution in [0.15, 0.2) is 52.6 Å². The first-order chi connectivity index (χ1) is 16.8. The largest absolute Gasteiger partial charge is 0.507 e. The van der Waals surface area contributed by atoms with E-state index in [4.69, 9.17) is 23.5 Å². The molecule has 182 valence electrons. The molecular weight excluding hydrogens is 456 g/mol. The highest BCUT2D eigenvalue weighted by molar-refractivity contribution is 6.51. The van der Waals surface area contributed by atoms with E-state index in [0.29, 0.717) is 34.3 Å². The number of aliphatic hydroxyl groups is 1. The van der Waals surface area contributed by atoms with E-state index in [2.05, 4.69) is 5.16 Å². The van der Waals surface area contributed by atoms with Crippen molar-refractivity contribution in [3.8, 4) is 23.0 Å². The highest BCUT2D eigenvalue weighted by Gasteiger charge is 2.49. The van der Waals surface area contributed by atoms with Crippen molar-refractivity contribution in [1.82, 2.24) is 5.16 Å². The molecule has 1 aliphatic rings. The van der Waals surface area contributed by atoms with Crippen molar-refractivity contribution in [2.45, 2.75) is 13.0 Å². The third-order valence-corrected chi connectivity index (χ3v) is 5.70. The Morgan fingerprint density at radius 1 is 0.914 bits per heavy atom. The fourth-order valence-electron chi connectivity index (χ4n) is 4.02. The number of nitrogens with zero attached hydrogens (tertiary/aromatic N) is 2. The normalized spacial score (nSPS) is 16.9. The summed E-state index contributed by atoms with van der Waals surface area (Å²) in [6, 6.07) is 10.1. The van der Waals surface area contributed by atoms with E-state index >= 15 is 0 Å². The van der Waals surface area contributed by atoms with Gasteiger partial charge in [0.1, 0.15) is 29.1 Å². The summed E-state index contributed by atoms with van der Waals surface area (Å²) in [6.45, 7) is 1.66. The summed E-state index contributed by atoms with van der Waals surface area (Å²) in [4.78, 5) is 27.8. The number of aliphatic hydroxyl groups excluding tert-OH is 1. The molecule has 0 saturated carbocycles. The number of hydrogen-bond donors (Lipinski definition) is 1. The number of amides is 1. The number of Topliss-reactive ketones (excluding diaryl/α,β-unsaturated/α-hetero) is 1. The van der Waals surface area contributed by atoms with Gasteiger partial charge in [0.05, 0.1) is 34.0 Å². The molecule has 0 spiro atoms. The highest BCUT2D eigenvalue weighted by atomic mass is 16.5. The standard InChI is InChI=1S/C25H24N2O8/c1-13-10-20(26-35-13)27-22(16-12-15(31-2)7-9-17(16)32-3)21(24(29)25(27)30)23(28)14-6-8-18(33-4)19(11-14)34-5/h6-12,22,28H,1-5H3/b23-21+/t22-/m0/s1. The minimum atomic E-state index is -1.09. The van der Waals surface area contributed by atoms with E-state index in [-0.39, 0.29) is 17.0 Å². The fourth-order valence-corrected chi connectivity index (χ4v) is 4.02. The fraction of sp³-hybridized carbons (Fsp3) is 0.240. The Bertz CT molecular complexity index is 1330. The van der Waals surface area contributed by atoms with Crippen LogP contribution in [0.5, 0.6) is 23.0 Å². The van der Waals surface area contributed by atoms with Crippen LogP contribution < -0.4 is 23.8 Å². The van der Waals surface area contributed by atoms with Crippen molar-refractivity contribution >= 4 is 23.3 Å². The minimum absolute atomic E-state index is 0.117. The number of carbonyl (C=O) groups excluding carboxylic acids is 2. The van der Waals surface area contributed by atoms with Gasteiger partial charge in [-0.2, -0.15) is 0 Å². The van der Waals surface area contributed by atoms with Gasteiger partial charge in [-0.1, -0.05) is 5.16 Å². The lowest BCUT2D eigenvalue weighted by atomic mass is 9.94. The van der Waals surface area contributed by atoms with E-state index in [1.807, 2.05) is 0 Å². The molecule has 0 bridgehead atoms. The van der Waals surface area contributed by atoms with Crippen LogP contribution in [0.1, 0.15) is 22.9 Å². The number of ether oxygens (including phenoxy) is 4. The number of aryl methyl sites for hydroxylation is 1. The predicted molar refractivity (Wildman–Crippen MR) is 125 cm³/mol. The number of aromatic nitrogens is 1. The van der Waals surface area contributed by atoms with Crippen LogP contribution in [0.4, 0.5) is 5.82 Å². The van der Waals surface area contributed by atoms with Gasteiger partial charge in [0.2, 0.25) is 0 Å². The average Bonchev–Trinajstić information content (AvgIpc) is 3.42. The molecule has 35 heavy (non-hydrogen) atoms. The molecule has 1 amide bonds. The topological polar surface area (TPSA) is 121 Å². The SMILES string of the molecule is COc1ccc(OC)c([C@H]2/C(=C(\O)c3ccc(OC)c(OC)c3)C(=O)C(=O)N2c2cc(C)on2)c1. The summed E-state index contributed by atoms with van der Waals surface area (Å²) in [5.41, 5.74) is 0.506. The van der Waals surface area contributed by atoms with Crippen LogP contribution in [-0.4, -0.2) is 50.4 Å². The zero-order valence-electron chi connectivity index (χ0n) is 19.8. The molecular formula is C25H24N2O8. The van der Waals surface area contributed by atoms with Gasteiger partial charge in [0, 0.05) is 17.2 Å². The number of ketones is 1. The Balaban J connectivity index is 2.00. The lowest BCUT2D eigenvalue weighted by molar-refractivity contribution is -0.132. The second kappa shape index (κ2) is 9.41. The maximum Gasteiger partial charge on any atom is 0.301 e. The van der Waals surface area contributed by atoms with Crippen molar-refractivity contribution in [1.29, 1.82) is 0 Å². The van der Waals surface area contributed by atoms with Crippen molar-refractivity contribution in [2.75, 3.05) is 33.3 Å². The smallest absolute Gasteiger partial charge is 0.301 e. The van der Waals surface area contributed by atoms with Crippen molar-refractivity contribution in [2.24, 2.45) is 0 Å². The molecule has 2 aromatic carbocycles. The molecule has 1 aromatic heterocycles. The number of hydrogen-bond acceptors (Lipinski definition) is 9. The summed E-state index contributed by atoms with van der Waals surface area (Å²) in [6.07, 6.45) is 0. The molecule has 1 atom stereocenters. The van der Waals surface area contributed by atoms with E-state index < -0.39 is 23.5 Å². The quantitative estimate of drug-likeness (QED) is 0.307. The van der Waals surface area contributed by atoms with Crippen molar-refractivity contribution in [3.63, 3.8) is 0 Å².